The molecule has 0 bridgehead atoms. The van der Waals surface area contributed by atoms with Crippen molar-refractivity contribution in [2.45, 2.75) is 52.8 Å². The number of hydrogen-bond acceptors (Lipinski definition) is 5. The number of amides is 1. The molecule has 31 heavy (non-hydrogen) atoms. The summed E-state index contributed by atoms with van der Waals surface area (Å²) in [5, 5.41) is 16.8. The van der Waals surface area contributed by atoms with Gasteiger partial charge in [0.1, 0.15) is 11.3 Å². The molecule has 1 heterocycles. The second-order valence-corrected chi connectivity index (χ2v) is 9.18. The molecule has 0 aliphatic carbocycles. The van der Waals surface area contributed by atoms with Crippen LogP contribution in [0.3, 0.4) is 0 Å². The zero-order valence-corrected chi connectivity index (χ0v) is 19.4. The van der Waals surface area contributed by atoms with E-state index in [1.807, 2.05) is 65.1 Å². The van der Waals surface area contributed by atoms with E-state index in [0.29, 0.717) is 11.5 Å². The number of nitrogens with one attached hydrogen (secondary N) is 2. The molecule has 0 spiro atoms. The number of carbonyl (C=O) groups is 1. The van der Waals surface area contributed by atoms with Crippen molar-refractivity contribution in [3.05, 3.63) is 54.4 Å². The summed E-state index contributed by atoms with van der Waals surface area (Å²) < 4.78 is 7.12. The molecule has 0 unspecified atom stereocenters. The first-order valence-electron chi connectivity index (χ1n) is 10.3. The number of ether oxygens (including phenoxy) is 1. The summed E-state index contributed by atoms with van der Waals surface area (Å²) >= 11 is 5.54. The van der Waals surface area contributed by atoms with E-state index in [1.54, 1.807) is 4.68 Å². The fraction of sp³-hybridized carbons (Fsp3) is 0.391. The number of rotatable bonds is 6. The van der Waals surface area contributed by atoms with Crippen molar-refractivity contribution < 1.29 is 9.53 Å². The van der Waals surface area contributed by atoms with Crippen LogP contribution < -0.4 is 10.6 Å². The number of thiocarbonyl (C=S) groups is 1. The van der Waals surface area contributed by atoms with Gasteiger partial charge in [-0.15, -0.1) is 5.10 Å². The summed E-state index contributed by atoms with van der Waals surface area (Å²) in [6.45, 7) is 9.87. The molecular formula is C23H29N5O2S. The van der Waals surface area contributed by atoms with Crippen LogP contribution >= 0.6 is 12.2 Å². The van der Waals surface area contributed by atoms with E-state index in [-0.39, 0.29) is 12.0 Å². The molecule has 7 nitrogen and oxygen atoms in total. The Labute approximate surface area is 188 Å². The quantitative estimate of drug-likeness (QED) is 0.555. The first kappa shape index (κ1) is 22.7. The van der Waals surface area contributed by atoms with Gasteiger partial charge in [-0.2, -0.15) is 0 Å². The van der Waals surface area contributed by atoms with Crippen LogP contribution in [0.5, 0.6) is 0 Å². The van der Waals surface area contributed by atoms with Crippen LogP contribution in [-0.2, 0) is 11.3 Å². The van der Waals surface area contributed by atoms with E-state index in [9.17, 15) is 4.79 Å². The van der Waals surface area contributed by atoms with E-state index in [0.717, 1.165) is 22.2 Å². The highest BCUT2D eigenvalue weighted by Gasteiger charge is 2.24. The number of fused-ring (bicyclic) bond motifs is 1. The molecule has 8 heteroatoms. The molecular weight excluding hydrogens is 410 g/mol. The van der Waals surface area contributed by atoms with E-state index < -0.39 is 11.7 Å². The summed E-state index contributed by atoms with van der Waals surface area (Å²) in [6, 6.07) is 13.9. The average Bonchev–Trinajstić information content (AvgIpc) is 3.17. The number of alkyl carbamates (subject to hydrolysis) is 1. The van der Waals surface area contributed by atoms with E-state index in [1.165, 1.54) is 0 Å². The number of hydrogen-bond donors (Lipinski definition) is 2. The Balaban J connectivity index is 1.66. The molecule has 0 saturated heterocycles. The van der Waals surface area contributed by atoms with Gasteiger partial charge in [-0.1, -0.05) is 67.7 Å². The molecule has 0 radical (unpaired) electrons. The zero-order chi connectivity index (χ0) is 22.6. The van der Waals surface area contributed by atoms with Gasteiger partial charge in [0.25, 0.3) is 0 Å². The molecule has 0 aliphatic rings. The van der Waals surface area contributed by atoms with Crippen molar-refractivity contribution in [3.8, 4) is 5.69 Å². The molecule has 2 aromatic carbocycles. The third-order valence-electron chi connectivity index (χ3n) is 4.62. The maximum atomic E-state index is 12.2. The van der Waals surface area contributed by atoms with Gasteiger partial charge in [-0.3, -0.25) is 0 Å². The standard InChI is InChI=1S/C23H29N5O2S/c1-15(2)20(25-22(29)30-23(3,4)5)21(31)24-13-17-14-28(27-26-17)19-12-8-10-16-9-6-7-11-18(16)19/h6-12,14-15,20H,13H2,1-5H3,(H,24,31)(H,25,29)/t20-/m0/s1. The van der Waals surface area contributed by atoms with Crippen molar-refractivity contribution in [2.75, 3.05) is 0 Å². The van der Waals surface area contributed by atoms with Gasteiger partial charge in [-0.25, -0.2) is 9.48 Å². The molecule has 3 rings (SSSR count). The third-order valence-corrected chi connectivity index (χ3v) is 5.02. The van der Waals surface area contributed by atoms with Crippen molar-refractivity contribution in [3.63, 3.8) is 0 Å². The van der Waals surface area contributed by atoms with Crippen LogP contribution in [0, 0.1) is 5.92 Å². The molecule has 164 valence electrons. The average molecular weight is 440 g/mol. The molecule has 0 aliphatic heterocycles. The third kappa shape index (κ3) is 6.01. The van der Waals surface area contributed by atoms with Crippen molar-refractivity contribution in [2.24, 2.45) is 5.92 Å². The SMILES string of the molecule is CC(C)[C@H](NC(=O)OC(C)(C)C)C(=S)NCc1cn(-c2cccc3ccccc23)nn1. The Kier molecular flexibility index (Phi) is 6.90. The lowest BCUT2D eigenvalue weighted by Gasteiger charge is -2.26. The number of aromatic nitrogens is 3. The van der Waals surface area contributed by atoms with Crippen molar-refractivity contribution >= 4 is 34.1 Å². The summed E-state index contributed by atoms with van der Waals surface area (Å²) in [4.78, 5) is 12.7. The van der Waals surface area contributed by atoms with E-state index in [2.05, 4.69) is 39.1 Å². The second kappa shape index (κ2) is 9.43. The largest absolute Gasteiger partial charge is 0.444 e. The number of nitrogens with zero attached hydrogens (tertiary/aromatic N) is 3. The maximum absolute atomic E-state index is 12.2. The highest BCUT2D eigenvalue weighted by Crippen LogP contribution is 2.21. The maximum Gasteiger partial charge on any atom is 0.408 e. The Bertz CT molecular complexity index is 1070. The Morgan fingerprint density at radius 1 is 1.16 bits per heavy atom. The van der Waals surface area contributed by atoms with Crippen LogP contribution in [0.15, 0.2) is 48.7 Å². The van der Waals surface area contributed by atoms with Gasteiger partial charge < -0.3 is 15.4 Å². The lowest BCUT2D eigenvalue weighted by Crippen LogP contribution is -2.49. The number of benzene rings is 2. The van der Waals surface area contributed by atoms with Crippen LogP contribution in [-0.4, -0.2) is 37.7 Å². The molecule has 0 fully saturated rings. The van der Waals surface area contributed by atoms with Crippen LogP contribution in [0.4, 0.5) is 4.79 Å². The van der Waals surface area contributed by atoms with E-state index >= 15 is 0 Å². The zero-order valence-electron chi connectivity index (χ0n) is 18.5. The highest BCUT2D eigenvalue weighted by molar-refractivity contribution is 7.80. The monoisotopic (exact) mass is 439 g/mol. The van der Waals surface area contributed by atoms with Gasteiger partial charge in [0, 0.05) is 5.39 Å². The normalized spacial score (nSPS) is 12.6. The van der Waals surface area contributed by atoms with Crippen LogP contribution in [0.2, 0.25) is 0 Å². The molecule has 1 aromatic heterocycles. The van der Waals surface area contributed by atoms with Crippen LogP contribution in [0.25, 0.3) is 16.5 Å². The topological polar surface area (TPSA) is 81.1 Å². The van der Waals surface area contributed by atoms with Crippen molar-refractivity contribution in [1.82, 2.24) is 25.6 Å². The predicted octanol–water partition coefficient (Wildman–Crippen LogP) is 4.39. The van der Waals surface area contributed by atoms with E-state index in [4.69, 9.17) is 17.0 Å². The van der Waals surface area contributed by atoms with Crippen molar-refractivity contribution in [1.29, 1.82) is 0 Å². The summed E-state index contributed by atoms with van der Waals surface area (Å²) in [5.74, 6) is 0.0962. The lowest BCUT2D eigenvalue weighted by molar-refractivity contribution is 0.0508. The second-order valence-electron chi connectivity index (χ2n) is 8.74. The first-order valence-corrected chi connectivity index (χ1v) is 10.7. The Morgan fingerprint density at radius 2 is 1.87 bits per heavy atom. The number of carbonyl (C=O) groups excluding carboxylic acids is 1. The molecule has 1 atom stereocenters. The molecule has 1 amide bonds. The van der Waals surface area contributed by atoms with Gasteiger partial charge >= 0.3 is 6.09 Å². The highest BCUT2D eigenvalue weighted by atomic mass is 32.1. The Morgan fingerprint density at radius 3 is 2.58 bits per heavy atom. The summed E-state index contributed by atoms with van der Waals surface area (Å²) in [7, 11) is 0. The van der Waals surface area contributed by atoms with Gasteiger partial charge in [-0.05, 0) is 38.1 Å². The fourth-order valence-electron chi connectivity index (χ4n) is 3.16. The van der Waals surface area contributed by atoms with Gasteiger partial charge in [0.15, 0.2) is 0 Å². The Hall–Kier alpha value is -3.00. The van der Waals surface area contributed by atoms with Crippen LogP contribution in [0.1, 0.15) is 40.3 Å². The predicted molar refractivity (Wildman–Crippen MR) is 126 cm³/mol. The minimum Gasteiger partial charge on any atom is -0.444 e. The summed E-state index contributed by atoms with van der Waals surface area (Å²) in [6.07, 6.45) is 1.39. The minimum atomic E-state index is -0.569. The summed E-state index contributed by atoms with van der Waals surface area (Å²) in [5.41, 5.74) is 1.14. The molecule has 2 N–H and O–H groups in total. The smallest absolute Gasteiger partial charge is 0.408 e. The fourth-order valence-corrected chi connectivity index (χ4v) is 3.57. The first-order chi connectivity index (χ1) is 14.6. The van der Waals surface area contributed by atoms with Gasteiger partial charge in [0.2, 0.25) is 0 Å². The lowest BCUT2D eigenvalue weighted by atomic mass is 10.0. The molecule has 0 saturated carbocycles. The minimum absolute atomic E-state index is 0.0962. The molecule has 3 aromatic rings. The van der Waals surface area contributed by atoms with Gasteiger partial charge in [0.05, 0.1) is 29.5 Å².